The lowest BCUT2D eigenvalue weighted by molar-refractivity contribution is -0.186. The summed E-state index contributed by atoms with van der Waals surface area (Å²) < 4.78 is 11.7. The highest BCUT2D eigenvalue weighted by atomic mass is 16.7. The average molecular weight is 238 g/mol. The number of carbonyl (C=O) groups is 1. The van der Waals surface area contributed by atoms with Crippen LogP contribution in [0, 0.1) is 5.92 Å². The molecule has 3 nitrogen and oxygen atoms in total. The minimum absolute atomic E-state index is 0.0526. The van der Waals surface area contributed by atoms with Crippen LogP contribution in [0.2, 0.25) is 0 Å². The van der Waals surface area contributed by atoms with Crippen molar-refractivity contribution in [3.05, 3.63) is 12.2 Å². The van der Waals surface area contributed by atoms with Crippen LogP contribution in [-0.2, 0) is 14.3 Å². The van der Waals surface area contributed by atoms with Crippen LogP contribution in [-0.4, -0.2) is 24.3 Å². The minimum Gasteiger partial charge on any atom is -0.345 e. The van der Waals surface area contributed by atoms with E-state index in [0.717, 1.165) is 25.7 Å². The number of hydrogen-bond donors (Lipinski definition) is 0. The molecular weight excluding hydrogens is 216 g/mol. The van der Waals surface area contributed by atoms with Crippen molar-refractivity contribution < 1.29 is 14.3 Å². The quantitative estimate of drug-likeness (QED) is 0.709. The lowest BCUT2D eigenvalue weighted by Gasteiger charge is -2.32. The van der Waals surface area contributed by atoms with E-state index in [9.17, 15) is 4.79 Å². The molecule has 0 spiro atoms. The van der Waals surface area contributed by atoms with Crippen LogP contribution in [0.4, 0.5) is 0 Å². The largest absolute Gasteiger partial charge is 0.345 e. The maximum absolute atomic E-state index is 11.3. The molecule has 0 N–H and O–H groups in total. The zero-order valence-electron chi connectivity index (χ0n) is 10.7. The maximum atomic E-state index is 11.3. The van der Waals surface area contributed by atoms with Crippen molar-refractivity contribution in [2.24, 2.45) is 5.92 Å². The van der Waals surface area contributed by atoms with E-state index in [1.165, 1.54) is 0 Å². The Morgan fingerprint density at radius 3 is 3.00 bits per heavy atom. The minimum atomic E-state index is -0.257. The van der Waals surface area contributed by atoms with Gasteiger partial charge < -0.3 is 9.47 Å². The summed E-state index contributed by atoms with van der Waals surface area (Å²) in [6.45, 7) is 4.28. The van der Waals surface area contributed by atoms with Crippen LogP contribution in [0.1, 0.15) is 46.0 Å². The summed E-state index contributed by atoms with van der Waals surface area (Å²) in [6, 6.07) is 0. The third kappa shape index (κ3) is 3.39. The van der Waals surface area contributed by atoms with Gasteiger partial charge in [0.15, 0.2) is 6.29 Å². The fourth-order valence-electron chi connectivity index (χ4n) is 2.57. The fraction of sp³-hybridized carbons (Fsp3) is 0.786. The molecule has 96 valence electrons. The molecule has 1 fully saturated rings. The van der Waals surface area contributed by atoms with Crippen LogP contribution in [0.5, 0.6) is 0 Å². The van der Waals surface area contributed by atoms with Gasteiger partial charge in [-0.25, -0.2) is 0 Å². The highest BCUT2D eigenvalue weighted by molar-refractivity contribution is 5.79. The third-order valence-corrected chi connectivity index (χ3v) is 3.63. The van der Waals surface area contributed by atoms with Gasteiger partial charge in [0, 0.05) is 18.8 Å². The van der Waals surface area contributed by atoms with E-state index in [2.05, 4.69) is 19.9 Å². The Kier molecular flexibility index (Phi) is 4.35. The van der Waals surface area contributed by atoms with Crippen molar-refractivity contribution in [3.8, 4) is 0 Å². The standard InChI is InChI=1S/C14H22O3/c1-3-13-10(2)7-8-14(17-13)16-12-6-4-5-11(15)9-12/h7-8,10,12-14H,3-6,9H2,1-2H3/t10-,12?,13?,14-/m0/s1. The van der Waals surface area contributed by atoms with Gasteiger partial charge in [-0.3, -0.25) is 4.79 Å². The molecule has 1 heterocycles. The van der Waals surface area contributed by atoms with Crippen LogP contribution in [0.25, 0.3) is 0 Å². The van der Waals surface area contributed by atoms with Gasteiger partial charge in [0.05, 0.1) is 12.2 Å². The van der Waals surface area contributed by atoms with Crippen LogP contribution in [0.3, 0.4) is 0 Å². The molecule has 0 amide bonds. The molecule has 1 aliphatic carbocycles. The average Bonchev–Trinajstić information content (AvgIpc) is 2.32. The second kappa shape index (κ2) is 5.78. The molecule has 0 aromatic heterocycles. The van der Waals surface area contributed by atoms with E-state index >= 15 is 0 Å². The molecule has 0 saturated heterocycles. The zero-order chi connectivity index (χ0) is 12.3. The summed E-state index contributed by atoms with van der Waals surface area (Å²) in [6.07, 6.45) is 8.38. The van der Waals surface area contributed by atoms with Crippen LogP contribution in [0.15, 0.2) is 12.2 Å². The maximum Gasteiger partial charge on any atom is 0.177 e. The summed E-state index contributed by atoms with van der Waals surface area (Å²) in [5.41, 5.74) is 0. The molecule has 0 radical (unpaired) electrons. The Labute approximate surface area is 103 Å². The highest BCUT2D eigenvalue weighted by Gasteiger charge is 2.27. The normalized spacial score (nSPS) is 38.4. The van der Waals surface area contributed by atoms with Crippen molar-refractivity contribution in [1.29, 1.82) is 0 Å². The Hall–Kier alpha value is -0.670. The van der Waals surface area contributed by atoms with E-state index in [1.807, 2.05) is 6.08 Å². The van der Waals surface area contributed by atoms with Gasteiger partial charge >= 0.3 is 0 Å². The van der Waals surface area contributed by atoms with Crippen molar-refractivity contribution >= 4 is 5.78 Å². The van der Waals surface area contributed by atoms with E-state index < -0.39 is 0 Å². The summed E-state index contributed by atoms with van der Waals surface area (Å²) in [5.74, 6) is 0.772. The van der Waals surface area contributed by atoms with Crippen LogP contribution < -0.4 is 0 Å². The Morgan fingerprint density at radius 1 is 1.47 bits per heavy atom. The molecule has 0 aromatic rings. The third-order valence-electron chi connectivity index (χ3n) is 3.63. The van der Waals surface area contributed by atoms with E-state index in [0.29, 0.717) is 18.1 Å². The lowest BCUT2D eigenvalue weighted by atomic mass is 9.96. The monoisotopic (exact) mass is 238 g/mol. The van der Waals surface area contributed by atoms with Gasteiger partial charge in [0.25, 0.3) is 0 Å². The highest BCUT2D eigenvalue weighted by Crippen LogP contribution is 2.25. The molecule has 2 aliphatic rings. The Bertz CT molecular complexity index is 298. The Morgan fingerprint density at radius 2 is 2.29 bits per heavy atom. The van der Waals surface area contributed by atoms with E-state index in [4.69, 9.17) is 9.47 Å². The first kappa shape index (κ1) is 12.8. The molecule has 2 rings (SSSR count). The molecule has 3 heteroatoms. The second-order valence-electron chi connectivity index (χ2n) is 5.09. The molecule has 17 heavy (non-hydrogen) atoms. The van der Waals surface area contributed by atoms with Gasteiger partial charge in [-0.05, 0) is 25.3 Å². The Balaban J connectivity index is 1.86. The van der Waals surface area contributed by atoms with Gasteiger partial charge in [-0.1, -0.05) is 19.9 Å². The summed E-state index contributed by atoms with van der Waals surface area (Å²) >= 11 is 0. The molecular formula is C14H22O3. The summed E-state index contributed by atoms with van der Waals surface area (Å²) in [4.78, 5) is 11.3. The summed E-state index contributed by atoms with van der Waals surface area (Å²) in [7, 11) is 0. The number of ether oxygens (including phenoxy) is 2. The molecule has 1 saturated carbocycles. The number of carbonyl (C=O) groups excluding carboxylic acids is 1. The first-order valence-electron chi connectivity index (χ1n) is 6.70. The number of ketones is 1. The molecule has 2 unspecified atom stereocenters. The molecule has 4 atom stereocenters. The smallest absolute Gasteiger partial charge is 0.177 e. The van der Waals surface area contributed by atoms with Gasteiger partial charge in [-0.2, -0.15) is 0 Å². The first-order chi connectivity index (χ1) is 8.19. The van der Waals surface area contributed by atoms with E-state index in [1.54, 1.807) is 0 Å². The van der Waals surface area contributed by atoms with Crippen LogP contribution >= 0.6 is 0 Å². The SMILES string of the molecule is CCC1O[C@H](OC2CCCC(=O)C2)C=C[C@@H]1C. The predicted octanol–water partition coefficient (Wildman–Crippen LogP) is 2.84. The number of rotatable bonds is 3. The molecule has 0 aromatic carbocycles. The predicted molar refractivity (Wildman–Crippen MR) is 65.6 cm³/mol. The van der Waals surface area contributed by atoms with Crippen molar-refractivity contribution in [1.82, 2.24) is 0 Å². The lowest BCUT2D eigenvalue weighted by Crippen LogP contribution is -2.35. The van der Waals surface area contributed by atoms with E-state index in [-0.39, 0.29) is 18.5 Å². The number of Topliss-reactive ketones (excluding diaryl/α,β-unsaturated/α-hetero) is 1. The zero-order valence-corrected chi connectivity index (χ0v) is 10.7. The van der Waals surface area contributed by atoms with Gasteiger partial charge in [-0.15, -0.1) is 0 Å². The molecule has 0 bridgehead atoms. The second-order valence-corrected chi connectivity index (χ2v) is 5.09. The first-order valence-corrected chi connectivity index (χ1v) is 6.70. The topological polar surface area (TPSA) is 35.5 Å². The fourth-order valence-corrected chi connectivity index (χ4v) is 2.57. The molecule has 1 aliphatic heterocycles. The van der Waals surface area contributed by atoms with Crippen molar-refractivity contribution in [3.63, 3.8) is 0 Å². The van der Waals surface area contributed by atoms with Gasteiger partial charge in [0.2, 0.25) is 0 Å². The number of hydrogen-bond acceptors (Lipinski definition) is 3. The van der Waals surface area contributed by atoms with Crippen molar-refractivity contribution in [2.75, 3.05) is 0 Å². The summed E-state index contributed by atoms with van der Waals surface area (Å²) in [5, 5.41) is 0. The van der Waals surface area contributed by atoms with Crippen molar-refractivity contribution in [2.45, 2.75) is 64.4 Å². The van der Waals surface area contributed by atoms with Gasteiger partial charge in [0.1, 0.15) is 5.78 Å².